The van der Waals surface area contributed by atoms with Gasteiger partial charge in [-0.05, 0) is 42.3 Å². The van der Waals surface area contributed by atoms with Crippen LogP contribution in [0.4, 0.5) is 0 Å². The third-order valence-corrected chi connectivity index (χ3v) is 3.63. The quantitative estimate of drug-likeness (QED) is 0.910. The smallest absolute Gasteiger partial charge is 0.122 e. The summed E-state index contributed by atoms with van der Waals surface area (Å²) >= 11 is 0. The Morgan fingerprint density at radius 2 is 2.32 bits per heavy atom. The first-order valence-corrected chi connectivity index (χ1v) is 6.68. The standard InChI is InChI=1S/C16H18N2O/c1-17-15(9-12-3-2-7-18-11-12)13-4-5-16-14(10-13)6-8-19-16/h2-5,7,10-11,15,17H,6,8-9H2,1H3. The summed E-state index contributed by atoms with van der Waals surface area (Å²) in [4.78, 5) is 4.18. The van der Waals surface area contributed by atoms with E-state index in [1.165, 1.54) is 16.7 Å². The highest BCUT2D eigenvalue weighted by molar-refractivity contribution is 5.41. The molecule has 3 nitrogen and oxygen atoms in total. The molecule has 1 aromatic heterocycles. The Morgan fingerprint density at radius 3 is 3.11 bits per heavy atom. The first kappa shape index (κ1) is 12.2. The van der Waals surface area contributed by atoms with Gasteiger partial charge in [0.1, 0.15) is 5.75 Å². The number of aromatic nitrogens is 1. The van der Waals surface area contributed by atoms with Gasteiger partial charge in [-0.3, -0.25) is 4.98 Å². The lowest BCUT2D eigenvalue weighted by Gasteiger charge is -2.17. The Labute approximate surface area is 113 Å². The predicted octanol–water partition coefficient (Wildman–Crippen LogP) is 2.52. The molecular formula is C16H18N2O. The van der Waals surface area contributed by atoms with Crippen LogP contribution < -0.4 is 10.1 Å². The zero-order chi connectivity index (χ0) is 13.1. The molecule has 0 saturated carbocycles. The normalized spacial score (nSPS) is 14.8. The zero-order valence-corrected chi connectivity index (χ0v) is 11.1. The van der Waals surface area contributed by atoms with E-state index in [1.807, 2.05) is 25.5 Å². The predicted molar refractivity (Wildman–Crippen MR) is 75.4 cm³/mol. The topological polar surface area (TPSA) is 34.2 Å². The molecule has 0 radical (unpaired) electrons. The average Bonchev–Trinajstić information content (AvgIpc) is 2.93. The van der Waals surface area contributed by atoms with Crippen molar-refractivity contribution in [1.82, 2.24) is 10.3 Å². The van der Waals surface area contributed by atoms with Gasteiger partial charge in [-0.15, -0.1) is 0 Å². The average molecular weight is 254 g/mol. The molecule has 1 unspecified atom stereocenters. The van der Waals surface area contributed by atoms with Crippen LogP contribution in [0.3, 0.4) is 0 Å². The lowest BCUT2D eigenvalue weighted by Crippen LogP contribution is -2.19. The maximum absolute atomic E-state index is 5.55. The van der Waals surface area contributed by atoms with Crippen molar-refractivity contribution in [1.29, 1.82) is 0 Å². The molecule has 0 spiro atoms. The summed E-state index contributed by atoms with van der Waals surface area (Å²) in [6.45, 7) is 0.811. The van der Waals surface area contributed by atoms with Crippen LogP contribution in [-0.2, 0) is 12.8 Å². The number of benzene rings is 1. The Kier molecular flexibility index (Phi) is 3.47. The fourth-order valence-electron chi connectivity index (χ4n) is 2.56. The minimum Gasteiger partial charge on any atom is -0.493 e. The largest absolute Gasteiger partial charge is 0.493 e. The van der Waals surface area contributed by atoms with Crippen molar-refractivity contribution in [3.8, 4) is 5.75 Å². The van der Waals surface area contributed by atoms with Crippen LogP contribution in [0.1, 0.15) is 22.7 Å². The molecule has 2 aromatic rings. The maximum Gasteiger partial charge on any atom is 0.122 e. The number of ether oxygens (including phenoxy) is 1. The Hall–Kier alpha value is -1.87. The molecule has 1 aliphatic rings. The fraction of sp³-hybridized carbons (Fsp3) is 0.312. The van der Waals surface area contributed by atoms with E-state index in [2.05, 4.69) is 34.6 Å². The highest BCUT2D eigenvalue weighted by Crippen LogP contribution is 2.29. The molecule has 2 heterocycles. The summed E-state index contributed by atoms with van der Waals surface area (Å²) in [5.41, 5.74) is 3.89. The lowest BCUT2D eigenvalue weighted by atomic mass is 9.97. The van der Waals surface area contributed by atoms with Gasteiger partial charge >= 0.3 is 0 Å². The Bertz CT molecular complexity index is 554. The van der Waals surface area contributed by atoms with E-state index < -0.39 is 0 Å². The molecule has 1 N–H and O–H groups in total. The SMILES string of the molecule is CNC(Cc1cccnc1)c1ccc2c(c1)CCO2. The van der Waals surface area contributed by atoms with Crippen LogP contribution in [0.15, 0.2) is 42.7 Å². The minimum absolute atomic E-state index is 0.315. The monoisotopic (exact) mass is 254 g/mol. The molecule has 1 aliphatic heterocycles. The van der Waals surface area contributed by atoms with Crippen molar-refractivity contribution in [2.45, 2.75) is 18.9 Å². The first-order chi connectivity index (χ1) is 9.36. The van der Waals surface area contributed by atoms with E-state index in [0.717, 1.165) is 25.2 Å². The van der Waals surface area contributed by atoms with E-state index in [4.69, 9.17) is 4.74 Å². The number of nitrogens with zero attached hydrogens (tertiary/aromatic N) is 1. The van der Waals surface area contributed by atoms with Gasteiger partial charge in [0.25, 0.3) is 0 Å². The van der Waals surface area contributed by atoms with Crippen molar-refractivity contribution in [3.05, 3.63) is 59.4 Å². The van der Waals surface area contributed by atoms with E-state index in [-0.39, 0.29) is 0 Å². The fourth-order valence-corrected chi connectivity index (χ4v) is 2.56. The molecule has 0 bridgehead atoms. The van der Waals surface area contributed by atoms with Crippen molar-refractivity contribution >= 4 is 0 Å². The zero-order valence-electron chi connectivity index (χ0n) is 11.1. The van der Waals surface area contributed by atoms with Gasteiger partial charge in [0, 0.05) is 24.9 Å². The number of hydrogen-bond acceptors (Lipinski definition) is 3. The number of likely N-dealkylation sites (N-methyl/N-ethyl adjacent to an activating group) is 1. The summed E-state index contributed by atoms with van der Waals surface area (Å²) in [5, 5.41) is 3.39. The summed E-state index contributed by atoms with van der Waals surface area (Å²) in [7, 11) is 2.00. The summed E-state index contributed by atoms with van der Waals surface area (Å²) in [5.74, 6) is 1.04. The summed E-state index contributed by atoms with van der Waals surface area (Å²) in [6.07, 6.45) is 5.71. The highest BCUT2D eigenvalue weighted by atomic mass is 16.5. The molecule has 3 heteroatoms. The Balaban J connectivity index is 1.82. The third-order valence-electron chi connectivity index (χ3n) is 3.63. The molecule has 19 heavy (non-hydrogen) atoms. The molecule has 0 fully saturated rings. The molecule has 98 valence electrons. The van der Waals surface area contributed by atoms with Crippen molar-refractivity contribution in [2.75, 3.05) is 13.7 Å². The number of hydrogen-bond donors (Lipinski definition) is 1. The molecular weight excluding hydrogens is 236 g/mol. The van der Waals surface area contributed by atoms with Crippen LogP contribution in [0.25, 0.3) is 0 Å². The highest BCUT2D eigenvalue weighted by Gasteiger charge is 2.16. The lowest BCUT2D eigenvalue weighted by molar-refractivity contribution is 0.356. The van der Waals surface area contributed by atoms with Gasteiger partial charge in [0.2, 0.25) is 0 Å². The van der Waals surface area contributed by atoms with Crippen molar-refractivity contribution in [3.63, 3.8) is 0 Å². The van der Waals surface area contributed by atoms with E-state index in [9.17, 15) is 0 Å². The number of rotatable bonds is 4. The second kappa shape index (κ2) is 5.41. The number of nitrogens with one attached hydrogen (secondary N) is 1. The van der Waals surface area contributed by atoms with E-state index >= 15 is 0 Å². The van der Waals surface area contributed by atoms with Crippen LogP contribution in [0, 0.1) is 0 Å². The van der Waals surface area contributed by atoms with Crippen LogP contribution in [0.5, 0.6) is 5.75 Å². The van der Waals surface area contributed by atoms with E-state index in [0.29, 0.717) is 6.04 Å². The maximum atomic E-state index is 5.55. The van der Waals surface area contributed by atoms with Gasteiger partial charge in [-0.2, -0.15) is 0 Å². The van der Waals surface area contributed by atoms with Crippen molar-refractivity contribution < 1.29 is 4.74 Å². The van der Waals surface area contributed by atoms with Gasteiger partial charge < -0.3 is 10.1 Å². The summed E-state index contributed by atoms with van der Waals surface area (Å²) in [6, 6.07) is 10.9. The molecule has 1 aromatic carbocycles. The molecule has 1 atom stereocenters. The van der Waals surface area contributed by atoms with Crippen molar-refractivity contribution in [2.24, 2.45) is 0 Å². The minimum atomic E-state index is 0.315. The van der Waals surface area contributed by atoms with Gasteiger partial charge in [-0.25, -0.2) is 0 Å². The molecule has 0 aliphatic carbocycles. The molecule has 3 rings (SSSR count). The van der Waals surface area contributed by atoms with Crippen LogP contribution in [0.2, 0.25) is 0 Å². The van der Waals surface area contributed by atoms with Crippen LogP contribution >= 0.6 is 0 Å². The van der Waals surface area contributed by atoms with Gasteiger partial charge in [0.05, 0.1) is 6.61 Å². The molecule has 0 amide bonds. The first-order valence-electron chi connectivity index (χ1n) is 6.68. The third kappa shape index (κ3) is 2.61. The second-order valence-corrected chi connectivity index (χ2v) is 4.87. The molecule has 0 saturated heterocycles. The number of pyridine rings is 1. The summed E-state index contributed by atoms with van der Waals surface area (Å²) < 4.78 is 5.55. The van der Waals surface area contributed by atoms with E-state index in [1.54, 1.807) is 0 Å². The number of fused-ring (bicyclic) bond motifs is 1. The Morgan fingerprint density at radius 1 is 1.37 bits per heavy atom. The van der Waals surface area contributed by atoms with Gasteiger partial charge in [-0.1, -0.05) is 18.2 Å². The van der Waals surface area contributed by atoms with Gasteiger partial charge in [0.15, 0.2) is 0 Å². The van der Waals surface area contributed by atoms with Crippen LogP contribution in [-0.4, -0.2) is 18.6 Å². The second-order valence-electron chi connectivity index (χ2n) is 4.87.